The van der Waals surface area contributed by atoms with Gasteiger partial charge in [-0.3, -0.25) is 0 Å². The summed E-state index contributed by atoms with van der Waals surface area (Å²) in [7, 11) is 0. The average molecular weight is 240 g/mol. The number of benzene rings is 1. The van der Waals surface area contributed by atoms with Crippen LogP contribution in [0, 0.1) is 0 Å². The van der Waals surface area contributed by atoms with Crippen molar-refractivity contribution < 1.29 is 24.5 Å². The Bertz CT molecular complexity index is 404. The number of phenols is 1. The molecule has 1 aromatic carbocycles. The number of hydrazine groups is 1. The monoisotopic (exact) mass is 240 g/mol. The first-order valence-corrected chi connectivity index (χ1v) is 4.80. The number of aromatic hydroxyl groups is 1. The summed E-state index contributed by atoms with van der Waals surface area (Å²) in [5.74, 6) is 0.00730. The van der Waals surface area contributed by atoms with Gasteiger partial charge in [0.2, 0.25) is 0 Å². The molecule has 0 aliphatic rings. The molecular formula is C10H12N2O5. The van der Waals surface area contributed by atoms with Crippen molar-refractivity contribution in [1.82, 2.24) is 5.43 Å². The van der Waals surface area contributed by atoms with Crippen LogP contribution < -0.4 is 10.4 Å². The molecule has 0 radical (unpaired) electrons. The molecule has 2 amide bonds. The summed E-state index contributed by atoms with van der Waals surface area (Å²) >= 11 is 0. The second-order valence-electron chi connectivity index (χ2n) is 2.97. The lowest BCUT2D eigenvalue weighted by Gasteiger charge is -2.20. The van der Waals surface area contributed by atoms with E-state index in [1.165, 1.54) is 24.3 Å². The first-order valence-electron chi connectivity index (χ1n) is 4.80. The molecule has 0 unspecified atom stereocenters. The highest BCUT2D eigenvalue weighted by molar-refractivity contribution is 5.90. The highest BCUT2D eigenvalue weighted by Gasteiger charge is 2.18. The molecule has 7 nitrogen and oxygen atoms in total. The van der Waals surface area contributed by atoms with Crippen LogP contribution in [0.2, 0.25) is 0 Å². The quantitative estimate of drug-likeness (QED) is 0.681. The maximum absolute atomic E-state index is 11.5. The van der Waals surface area contributed by atoms with Crippen molar-refractivity contribution in [3.63, 3.8) is 0 Å². The Morgan fingerprint density at radius 2 is 1.94 bits per heavy atom. The third kappa shape index (κ3) is 3.56. The molecular weight excluding hydrogens is 228 g/mol. The van der Waals surface area contributed by atoms with Gasteiger partial charge in [0.1, 0.15) is 5.75 Å². The minimum absolute atomic E-state index is 0.00730. The van der Waals surface area contributed by atoms with Gasteiger partial charge in [0.15, 0.2) is 0 Å². The predicted molar refractivity (Wildman–Crippen MR) is 58.8 cm³/mol. The summed E-state index contributed by atoms with van der Waals surface area (Å²) in [5, 5.41) is 18.4. The predicted octanol–water partition coefficient (Wildman–Crippen LogP) is 1.54. The third-order valence-electron chi connectivity index (χ3n) is 1.77. The summed E-state index contributed by atoms with van der Waals surface area (Å²) in [6, 6.07) is 5.40. The maximum atomic E-state index is 11.5. The van der Waals surface area contributed by atoms with Crippen LogP contribution in [0.4, 0.5) is 15.3 Å². The molecule has 17 heavy (non-hydrogen) atoms. The SMILES string of the molecule is CCOC(=O)N(NC(=O)O)c1ccc(O)cc1. The number of nitrogens with zero attached hydrogens (tertiary/aromatic N) is 1. The number of rotatable bonds is 2. The van der Waals surface area contributed by atoms with E-state index in [-0.39, 0.29) is 18.0 Å². The number of nitrogens with one attached hydrogen (secondary N) is 1. The summed E-state index contributed by atoms with van der Waals surface area (Å²) in [6.45, 7) is 1.72. The molecule has 1 rings (SSSR count). The molecule has 3 N–H and O–H groups in total. The molecule has 0 atom stereocenters. The van der Waals surface area contributed by atoms with Gasteiger partial charge in [-0.25, -0.2) is 15.0 Å². The van der Waals surface area contributed by atoms with Gasteiger partial charge in [-0.15, -0.1) is 0 Å². The van der Waals surface area contributed by atoms with Gasteiger partial charge in [-0.1, -0.05) is 0 Å². The molecule has 0 saturated carbocycles. The lowest BCUT2D eigenvalue weighted by Crippen LogP contribution is -2.46. The van der Waals surface area contributed by atoms with Crippen LogP contribution in [0.15, 0.2) is 24.3 Å². The first-order chi connectivity index (χ1) is 8.04. The highest BCUT2D eigenvalue weighted by atomic mass is 16.6. The van der Waals surface area contributed by atoms with Crippen molar-refractivity contribution in [3.05, 3.63) is 24.3 Å². The van der Waals surface area contributed by atoms with Crippen molar-refractivity contribution >= 4 is 17.9 Å². The average Bonchev–Trinajstić information content (AvgIpc) is 2.27. The fraction of sp³-hybridized carbons (Fsp3) is 0.200. The summed E-state index contributed by atoms with van der Waals surface area (Å²) < 4.78 is 4.69. The number of anilines is 1. The van der Waals surface area contributed by atoms with Crippen molar-refractivity contribution in [2.45, 2.75) is 6.92 Å². The molecule has 0 bridgehead atoms. The fourth-order valence-electron chi connectivity index (χ4n) is 1.10. The van der Waals surface area contributed by atoms with Gasteiger partial charge < -0.3 is 14.9 Å². The van der Waals surface area contributed by atoms with Crippen molar-refractivity contribution in [2.75, 3.05) is 11.6 Å². The van der Waals surface area contributed by atoms with E-state index in [0.29, 0.717) is 0 Å². The van der Waals surface area contributed by atoms with E-state index < -0.39 is 12.2 Å². The lowest BCUT2D eigenvalue weighted by atomic mass is 10.3. The van der Waals surface area contributed by atoms with Crippen molar-refractivity contribution in [3.8, 4) is 5.75 Å². The fourth-order valence-corrected chi connectivity index (χ4v) is 1.10. The Hall–Kier alpha value is -2.44. The minimum Gasteiger partial charge on any atom is -0.508 e. The first kappa shape index (κ1) is 12.6. The number of hydrogen-bond acceptors (Lipinski definition) is 4. The van der Waals surface area contributed by atoms with Crippen LogP contribution in [0.5, 0.6) is 5.75 Å². The van der Waals surface area contributed by atoms with E-state index in [1.807, 2.05) is 5.43 Å². The molecule has 0 heterocycles. The van der Waals surface area contributed by atoms with Crippen LogP contribution >= 0.6 is 0 Å². The number of phenolic OH excluding ortho intramolecular Hbond substituents is 1. The zero-order valence-corrected chi connectivity index (χ0v) is 9.08. The number of hydrogen-bond donors (Lipinski definition) is 3. The number of carboxylic acid groups (broad SMARTS) is 1. The Morgan fingerprint density at radius 3 is 2.41 bits per heavy atom. The molecule has 0 aliphatic heterocycles. The second-order valence-corrected chi connectivity index (χ2v) is 2.97. The lowest BCUT2D eigenvalue weighted by molar-refractivity contribution is 0.152. The maximum Gasteiger partial charge on any atom is 0.433 e. The molecule has 0 aromatic heterocycles. The van der Waals surface area contributed by atoms with Crippen molar-refractivity contribution in [2.24, 2.45) is 0 Å². The molecule has 1 aromatic rings. The smallest absolute Gasteiger partial charge is 0.433 e. The normalized spacial score (nSPS) is 9.47. The zero-order chi connectivity index (χ0) is 12.8. The summed E-state index contributed by atoms with van der Waals surface area (Å²) in [5.41, 5.74) is 2.13. The Kier molecular flexibility index (Phi) is 4.15. The van der Waals surface area contributed by atoms with Gasteiger partial charge in [-0.05, 0) is 31.2 Å². The van der Waals surface area contributed by atoms with E-state index in [4.69, 9.17) is 10.2 Å². The van der Waals surface area contributed by atoms with Crippen LogP contribution in [0.3, 0.4) is 0 Å². The van der Waals surface area contributed by atoms with E-state index in [0.717, 1.165) is 5.01 Å². The second kappa shape index (κ2) is 5.59. The van der Waals surface area contributed by atoms with Crippen LogP contribution in [0.1, 0.15) is 6.92 Å². The van der Waals surface area contributed by atoms with Gasteiger partial charge in [0.05, 0.1) is 12.3 Å². The molecule has 0 aliphatic carbocycles. The number of carbonyl (C=O) groups is 2. The number of ether oxygens (including phenoxy) is 1. The molecule has 92 valence electrons. The van der Waals surface area contributed by atoms with E-state index >= 15 is 0 Å². The topological polar surface area (TPSA) is 99.1 Å². The zero-order valence-electron chi connectivity index (χ0n) is 9.08. The summed E-state index contributed by atoms with van der Waals surface area (Å²) in [4.78, 5) is 22.0. The highest BCUT2D eigenvalue weighted by Crippen LogP contribution is 2.17. The largest absolute Gasteiger partial charge is 0.508 e. The van der Waals surface area contributed by atoms with Gasteiger partial charge in [0.25, 0.3) is 0 Å². The molecule has 0 saturated heterocycles. The number of amides is 2. The van der Waals surface area contributed by atoms with Crippen LogP contribution in [0.25, 0.3) is 0 Å². The summed E-state index contributed by atoms with van der Waals surface area (Å²) in [6.07, 6.45) is -2.24. The molecule has 0 spiro atoms. The van der Waals surface area contributed by atoms with Gasteiger partial charge in [-0.2, -0.15) is 5.01 Å². The number of carbonyl (C=O) groups excluding carboxylic acids is 1. The third-order valence-corrected chi connectivity index (χ3v) is 1.77. The van der Waals surface area contributed by atoms with E-state index in [1.54, 1.807) is 6.92 Å². The standard InChI is InChI=1S/C10H12N2O5/c1-2-17-10(16)12(11-9(14)15)7-3-5-8(13)6-4-7/h3-6,11,13H,2H2,1H3,(H,14,15). The van der Waals surface area contributed by atoms with E-state index in [9.17, 15) is 9.59 Å². The van der Waals surface area contributed by atoms with Crippen LogP contribution in [-0.2, 0) is 4.74 Å². The van der Waals surface area contributed by atoms with Crippen molar-refractivity contribution in [1.29, 1.82) is 0 Å². The Labute approximate surface area is 97.2 Å². The van der Waals surface area contributed by atoms with Gasteiger partial charge >= 0.3 is 12.2 Å². The molecule has 0 fully saturated rings. The Balaban J connectivity index is 2.92. The van der Waals surface area contributed by atoms with Crippen LogP contribution in [-0.4, -0.2) is 29.0 Å². The Morgan fingerprint density at radius 1 is 1.35 bits per heavy atom. The minimum atomic E-state index is -1.40. The molecule has 7 heteroatoms. The van der Waals surface area contributed by atoms with E-state index in [2.05, 4.69) is 4.74 Å². The van der Waals surface area contributed by atoms with Gasteiger partial charge in [0, 0.05) is 0 Å².